The summed E-state index contributed by atoms with van der Waals surface area (Å²) in [5, 5.41) is 19.1. The maximum atomic E-state index is 12.1. The van der Waals surface area contributed by atoms with Crippen LogP contribution in [0.4, 0.5) is 0 Å². The summed E-state index contributed by atoms with van der Waals surface area (Å²) in [6.07, 6.45) is 12.8. The molecule has 0 bridgehead atoms. The van der Waals surface area contributed by atoms with E-state index >= 15 is 0 Å². The van der Waals surface area contributed by atoms with Gasteiger partial charge >= 0.3 is 0 Å². The first-order chi connectivity index (χ1) is 24.3. The van der Waals surface area contributed by atoms with Crippen LogP contribution in [0.2, 0.25) is 0 Å². The molecule has 4 aliphatic heterocycles. The van der Waals surface area contributed by atoms with E-state index in [1.165, 1.54) is 0 Å². The molecule has 0 aromatic heterocycles. The predicted molar refractivity (Wildman–Crippen MR) is 203 cm³/mol. The second-order valence-corrected chi connectivity index (χ2v) is 16.3. The number of hydrogen-bond donors (Lipinski definition) is 8. The highest BCUT2D eigenvalue weighted by Gasteiger charge is 2.41. The standard InChI is InChI=1S/C34H60N10O4S2/c35-33-41-23-21-49-25(31(23)43-33)11-5-7-15-27(45)37-17-9-1-3-13-29(47)39-19-20-40-30(48)14-4-2-10-18-38-28(46)16-8-6-12-26-32-24(22-50-26)42-34(36)44-32/h23-26,31-32H,1-22H2,(H,37,45)(H,38,46)(H,39,47)(H,40,48)(H3,35,41,43)(H3,36,42,44)/t23-,24-,25-,26-,31-,32-/m0/s1. The summed E-state index contributed by atoms with van der Waals surface area (Å²) >= 11 is 3.90. The SMILES string of the molecule is NC1=N[C@H]2[C@H](CS[C@H]2CCCCC(=O)NCCCCCC(=O)NCCNC(=O)CCCCCNC(=O)CCCC[C@@H]2SC[C@@H]3NC(N)=N[C@@H]32)N1. The Bertz CT molecular complexity index is 1090. The molecule has 0 radical (unpaired) electrons. The lowest BCUT2D eigenvalue weighted by molar-refractivity contribution is -0.123. The molecule has 10 N–H and O–H groups in total. The van der Waals surface area contributed by atoms with Crippen LogP contribution in [-0.4, -0.2) is 108 Å². The van der Waals surface area contributed by atoms with Crippen molar-refractivity contribution >= 4 is 59.1 Å². The number of thioether (sulfide) groups is 2. The fourth-order valence-electron chi connectivity index (χ4n) is 6.90. The number of carbonyl (C=O) groups excluding carboxylic acids is 4. The molecule has 16 heteroatoms. The summed E-state index contributed by atoms with van der Waals surface area (Å²) in [4.78, 5) is 57.5. The van der Waals surface area contributed by atoms with Crippen molar-refractivity contribution in [2.75, 3.05) is 37.7 Å². The Hall–Kier alpha value is -2.88. The van der Waals surface area contributed by atoms with Crippen molar-refractivity contribution in [1.82, 2.24) is 31.9 Å². The largest absolute Gasteiger partial charge is 0.370 e. The molecule has 4 aliphatic rings. The van der Waals surface area contributed by atoms with Gasteiger partial charge in [-0.15, -0.1) is 0 Å². The molecule has 0 aliphatic carbocycles. The molecule has 2 fully saturated rings. The highest BCUT2D eigenvalue weighted by molar-refractivity contribution is 8.00. The van der Waals surface area contributed by atoms with E-state index in [0.717, 1.165) is 88.6 Å². The van der Waals surface area contributed by atoms with Crippen LogP contribution < -0.4 is 43.4 Å². The fraction of sp³-hybridized carbons (Fsp3) is 0.824. The van der Waals surface area contributed by atoms with E-state index in [1.54, 1.807) is 0 Å². The van der Waals surface area contributed by atoms with Crippen molar-refractivity contribution in [3.63, 3.8) is 0 Å². The summed E-state index contributed by atoms with van der Waals surface area (Å²) in [5.41, 5.74) is 11.6. The molecular formula is C34H60N10O4S2. The van der Waals surface area contributed by atoms with Crippen LogP contribution in [0, 0.1) is 0 Å². The first-order valence-corrected chi connectivity index (χ1v) is 20.9. The van der Waals surface area contributed by atoms with Gasteiger partial charge in [0.1, 0.15) is 0 Å². The second-order valence-electron chi connectivity index (χ2n) is 13.8. The molecule has 6 atom stereocenters. The molecular weight excluding hydrogens is 677 g/mol. The number of fused-ring (bicyclic) bond motifs is 2. The van der Waals surface area contributed by atoms with E-state index in [2.05, 4.69) is 41.9 Å². The minimum Gasteiger partial charge on any atom is -0.370 e. The summed E-state index contributed by atoms with van der Waals surface area (Å²) in [6, 6.07) is 1.30. The zero-order valence-electron chi connectivity index (χ0n) is 29.5. The monoisotopic (exact) mass is 736 g/mol. The van der Waals surface area contributed by atoms with Crippen LogP contribution in [0.1, 0.15) is 103 Å². The third kappa shape index (κ3) is 14.4. The Labute approximate surface area is 305 Å². The van der Waals surface area contributed by atoms with Gasteiger partial charge in [-0.1, -0.05) is 25.7 Å². The minimum absolute atomic E-state index is 0.0215. The van der Waals surface area contributed by atoms with Crippen molar-refractivity contribution in [3.05, 3.63) is 0 Å². The van der Waals surface area contributed by atoms with Crippen molar-refractivity contribution in [3.8, 4) is 0 Å². The topological polar surface area (TPSA) is 217 Å². The summed E-state index contributed by atoms with van der Waals surface area (Å²) in [7, 11) is 0. The van der Waals surface area contributed by atoms with Crippen molar-refractivity contribution < 1.29 is 19.2 Å². The van der Waals surface area contributed by atoms with Crippen LogP contribution in [0.25, 0.3) is 0 Å². The molecule has 0 aromatic carbocycles. The Balaban J connectivity index is 0.849. The first-order valence-electron chi connectivity index (χ1n) is 18.8. The normalized spacial score (nSPS) is 24.7. The van der Waals surface area contributed by atoms with Gasteiger partial charge < -0.3 is 43.4 Å². The number of aliphatic imine (C=N–C) groups is 2. The third-order valence-electron chi connectivity index (χ3n) is 9.67. The molecule has 282 valence electrons. The lowest BCUT2D eigenvalue weighted by atomic mass is 10.0. The summed E-state index contributed by atoms with van der Waals surface area (Å²) < 4.78 is 0. The van der Waals surface area contributed by atoms with Crippen LogP contribution in [0.3, 0.4) is 0 Å². The van der Waals surface area contributed by atoms with E-state index in [9.17, 15) is 19.2 Å². The van der Waals surface area contributed by atoms with E-state index < -0.39 is 0 Å². The van der Waals surface area contributed by atoms with Gasteiger partial charge in [-0.05, 0) is 51.4 Å². The second kappa shape index (κ2) is 22.1. The predicted octanol–water partition coefficient (Wildman–Crippen LogP) is 1.23. The molecule has 2 saturated heterocycles. The Kier molecular flexibility index (Phi) is 17.7. The minimum atomic E-state index is -0.0215. The molecule has 4 rings (SSSR count). The van der Waals surface area contributed by atoms with Crippen LogP contribution in [0.5, 0.6) is 0 Å². The first kappa shape index (κ1) is 39.9. The number of hydrogen-bond acceptors (Lipinski definition) is 12. The summed E-state index contributed by atoms with van der Waals surface area (Å²) in [5.74, 6) is 3.35. The summed E-state index contributed by atoms with van der Waals surface area (Å²) in [6.45, 7) is 2.09. The van der Waals surface area contributed by atoms with Gasteiger partial charge in [0, 0.05) is 73.9 Å². The third-order valence-corrected chi connectivity index (χ3v) is 12.7. The zero-order valence-corrected chi connectivity index (χ0v) is 31.2. The van der Waals surface area contributed by atoms with Crippen molar-refractivity contribution in [2.24, 2.45) is 21.5 Å². The molecule has 14 nitrogen and oxygen atoms in total. The van der Waals surface area contributed by atoms with Crippen molar-refractivity contribution in [1.29, 1.82) is 0 Å². The van der Waals surface area contributed by atoms with Gasteiger partial charge in [-0.25, -0.2) is 9.98 Å². The maximum Gasteiger partial charge on any atom is 0.220 e. The number of rotatable bonds is 25. The smallest absolute Gasteiger partial charge is 0.220 e. The molecule has 0 unspecified atom stereocenters. The van der Waals surface area contributed by atoms with Crippen LogP contribution >= 0.6 is 23.5 Å². The van der Waals surface area contributed by atoms with Crippen molar-refractivity contribution in [2.45, 2.75) is 137 Å². The fourth-order valence-corrected chi connectivity index (χ4v) is 9.93. The number of carbonyl (C=O) groups is 4. The van der Waals surface area contributed by atoms with E-state index in [-0.39, 0.29) is 35.7 Å². The zero-order chi connectivity index (χ0) is 35.6. The molecule has 0 aromatic rings. The lowest BCUT2D eigenvalue weighted by Gasteiger charge is -2.14. The number of guanidine groups is 2. The quantitative estimate of drug-likeness (QED) is 0.0628. The molecule has 4 amide bonds. The Morgan fingerprint density at radius 3 is 1.30 bits per heavy atom. The van der Waals surface area contributed by atoms with E-state index in [4.69, 9.17) is 11.5 Å². The van der Waals surface area contributed by atoms with Gasteiger partial charge in [0.25, 0.3) is 0 Å². The molecule has 50 heavy (non-hydrogen) atoms. The van der Waals surface area contributed by atoms with Gasteiger partial charge in [0.05, 0.1) is 24.2 Å². The highest BCUT2D eigenvalue weighted by atomic mass is 32.2. The highest BCUT2D eigenvalue weighted by Crippen LogP contribution is 2.36. The molecule has 0 spiro atoms. The van der Waals surface area contributed by atoms with Gasteiger partial charge in [-0.2, -0.15) is 23.5 Å². The Morgan fingerprint density at radius 1 is 0.540 bits per heavy atom. The van der Waals surface area contributed by atoms with Gasteiger partial charge in [0.2, 0.25) is 23.6 Å². The lowest BCUT2D eigenvalue weighted by Crippen LogP contribution is -2.38. The van der Waals surface area contributed by atoms with Gasteiger partial charge in [-0.3, -0.25) is 19.2 Å². The number of amides is 4. The average molecular weight is 737 g/mol. The van der Waals surface area contributed by atoms with Crippen LogP contribution in [0.15, 0.2) is 9.98 Å². The molecule has 0 saturated carbocycles. The molecule has 4 heterocycles. The number of unbranched alkanes of at least 4 members (excludes halogenated alkanes) is 6. The Morgan fingerprint density at radius 2 is 0.900 bits per heavy atom. The average Bonchev–Trinajstić information content (AvgIpc) is 3.85. The van der Waals surface area contributed by atoms with E-state index in [1.807, 2.05) is 23.5 Å². The van der Waals surface area contributed by atoms with Gasteiger partial charge in [0.15, 0.2) is 11.9 Å². The number of nitrogens with one attached hydrogen (secondary N) is 6. The number of nitrogens with zero attached hydrogens (tertiary/aromatic N) is 2. The van der Waals surface area contributed by atoms with Crippen LogP contribution in [-0.2, 0) is 19.2 Å². The number of nitrogens with two attached hydrogens (primary N) is 2. The maximum absolute atomic E-state index is 12.1. The van der Waals surface area contributed by atoms with E-state index in [0.29, 0.717) is 86.4 Å².